The van der Waals surface area contributed by atoms with E-state index < -0.39 is 0 Å². The number of aliphatic hydroxyl groups excluding tert-OH is 1. The SMILES string of the molecule is CCCC(CCO)CNc1ncccc1C#N. The van der Waals surface area contributed by atoms with Gasteiger partial charge in [-0.15, -0.1) is 0 Å². The van der Waals surface area contributed by atoms with E-state index >= 15 is 0 Å². The Morgan fingerprint density at radius 3 is 3.00 bits per heavy atom. The van der Waals surface area contributed by atoms with Gasteiger partial charge in [-0.05, 0) is 30.9 Å². The number of nitrogens with one attached hydrogen (secondary N) is 1. The Hall–Kier alpha value is -1.60. The average Bonchev–Trinajstić information content (AvgIpc) is 2.37. The van der Waals surface area contributed by atoms with E-state index in [2.05, 4.69) is 23.3 Å². The lowest BCUT2D eigenvalue weighted by molar-refractivity contribution is 0.255. The summed E-state index contributed by atoms with van der Waals surface area (Å²) in [4.78, 5) is 4.15. The van der Waals surface area contributed by atoms with Gasteiger partial charge in [0.05, 0.1) is 5.56 Å². The van der Waals surface area contributed by atoms with Gasteiger partial charge in [0.25, 0.3) is 0 Å². The maximum Gasteiger partial charge on any atom is 0.143 e. The van der Waals surface area contributed by atoms with Gasteiger partial charge in [0, 0.05) is 19.3 Å². The van der Waals surface area contributed by atoms with Gasteiger partial charge >= 0.3 is 0 Å². The lowest BCUT2D eigenvalue weighted by Gasteiger charge is -2.16. The zero-order chi connectivity index (χ0) is 12.5. The van der Waals surface area contributed by atoms with Crippen molar-refractivity contribution in [2.75, 3.05) is 18.5 Å². The van der Waals surface area contributed by atoms with Crippen molar-refractivity contribution in [3.05, 3.63) is 23.9 Å². The lowest BCUT2D eigenvalue weighted by atomic mass is 10.0. The summed E-state index contributed by atoms with van der Waals surface area (Å²) < 4.78 is 0. The summed E-state index contributed by atoms with van der Waals surface area (Å²) in [5, 5.41) is 21.1. The van der Waals surface area contributed by atoms with E-state index in [1.807, 2.05) is 0 Å². The van der Waals surface area contributed by atoms with Crippen LogP contribution in [0.4, 0.5) is 5.82 Å². The van der Waals surface area contributed by atoms with E-state index in [-0.39, 0.29) is 6.61 Å². The van der Waals surface area contributed by atoms with Crippen molar-refractivity contribution in [1.29, 1.82) is 5.26 Å². The summed E-state index contributed by atoms with van der Waals surface area (Å²) in [7, 11) is 0. The van der Waals surface area contributed by atoms with Gasteiger partial charge in [-0.1, -0.05) is 13.3 Å². The molecule has 2 N–H and O–H groups in total. The number of hydrogen-bond donors (Lipinski definition) is 2. The second-order valence-electron chi connectivity index (χ2n) is 4.06. The van der Waals surface area contributed by atoms with E-state index in [9.17, 15) is 0 Å². The third-order valence-corrected chi connectivity index (χ3v) is 2.72. The van der Waals surface area contributed by atoms with Crippen LogP contribution in [-0.4, -0.2) is 23.2 Å². The molecule has 1 atom stereocenters. The molecule has 1 rings (SSSR count). The quantitative estimate of drug-likeness (QED) is 0.757. The number of aliphatic hydroxyl groups is 1. The van der Waals surface area contributed by atoms with Crippen LogP contribution in [0.5, 0.6) is 0 Å². The zero-order valence-corrected chi connectivity index (χ0v) is 10.2. The van der Waals surface area contributed by atoms with Crippen LogP contribution in [0, 0.1) is 17.2 Å². The minimum Gasteiger partial charge on any atom is -0.396 e. The predicted molar refractivity (Wildman–Crippen MR) is 67.5 cm³/mol. The molecule has 92 valence electrons. The molecule has 0 bridgehead atoms. The van der Waals surface area contributed by atoms with Crippen molar-refractivity contribution in [2.45, 2.75) is 26.2 Å². The molecule has 1 aromatic heterocycles. The second kappa shape index (κ2) is 7.64. The van der Waals surface area contributed by atoms with Gasteiger partial charge in [-0.25, -0.2) is 4.98 Å². The minimum absolute atomic E-state index is 0.208. The molecule has 1 unspecified atom stereocenters. The molecule has 0 aliphatic rings. The van der Waals surface area contributed by atoms with Crippen LogP contribution in [0.3, 0.4) is 0 Å². The van der Waals surface area contributed by atoms with E-state index in [4.69, 9.17) is 10.4 Å². The molecule has 0 saturated carbocycles. The summed E-state index contributed by atoms with van der Waals surface area (Å²) in [5.74, 6) is 1.06. The molecule has 0 saturated heterocycles. The predicted octanol–water partition coefficient (Wildman–Crippen LogP) is 2.16. The molecule has 0 radical (unpaired) electrons. The highest BCUT2D eigenvalue weighted by Gasteiger charge is 2.08. The van der Waals surface area contributed by atoms with Crippen LogP contribution >= 0.6 is 0 Å². The summed E-state index contributed by atoms with van der Waals surface area (Å²) in [5.41, 5.74) is 0.562. The third-order valence-electron chi connectivity index (χ3n) is 2.72. The van der Waals surface area contributed by atoms with Crippen LogP contribution in [0.15, 0.2) is 18.3 Å². The number of nitriles is 1. The number of pyridine rings is 1. The highest BCUT2D eigenvalue weighted by atomic mass is 16.3. The van der Waals surface area contributed by atoms with Crippen molar-refractivity contribution in [1.82, 2.24) is 4.98 Å². The topological polar surface area (TPSA) is 68.9 Å². The van der Waals surface area contributed by atoms with Crippen molar-refractivity contribution < 1.29 is 5.11 Å². The van der Waals surface area contributed by atoms with Crippen molar-refractivity contribution in [2.24, 2.45) is 5.92 Å². The zero-order valence-electron chi connectivity index (χ0n) is 10.2. The molecular formula is C13H19N3O. The molecular weight excluding hydrogens is 214 g/mol. The monoisotopic (exact) mass is 233 g/mol. The van der Waals surface area contributed by atoms with Crippen molar-refractivity contribution in [3.63, 3.8) is 0 Å². The Morgan fingerprint density at radius 2 is 2.35 bits per heavy atom. The molecule has 1 heterocycles. The van der Waals surface area contributed by atoms with Crippen LogP contribution in [0.25, 0.3) is 0 Å². The smallest absolute Gasteiger partial charge is 0.143 e. The first-order chi connectivity index (χ1) is 8.31. The second-order valence-corrected chi connectivity index (χ2v) is 4.06. The van der Waals surface area contributed by atoms with Gasteiger partial charge in [0.1, 0.15) is 11.9 Å². The molecule has 4 nitrogen and oxygen atoms in total. The van der Waals surface area contributed by atoms with Gasteiger partial charge in [-0.3, -0.25) is 0 Å². The molecule has 0 amide bonds. The summed E-state index contributed by atoms with van der Waals surface area (Å²) in [6.45, 7) is 3.09. The van der Waals surface area contributed by atoms with E-state index in [1.165, 1.54) is 0 Å². The maximum atomic E-state index is 8.97. The Balaban J connectivity index is 2.56. The largest absolute Gasteiger partial charge is 0.396 e. The van der Waals surface area contributed by atoms with Gasteiger partial charge < -0.3 is 10.4 Å². The average molecular weight is 233 g/mol. The molecule has 0 aliphatic carbocycles. The molecule has 0 aliphatic heterocycles. The first-order valence-corrected chi connectivity index (χ1v) is 6.01. The highest BCUT2D eigenvalue weighted by Crippen LogP contribution is 2.14. The Labute approximate surface area is 102 Å². The Bertz CT molecular complexity index is 367. The van der Waals surface area contributed by atoms with E-state index in [0.29, 0.717) is 17.3 Å². The molecule has 0 aromatic carbocycles. The molecule has 4 heteroatoms. The first-order valence-electron chi connectivity index (χ1n) is 6.01. The van der Waals surface area contributed by atoms with Crippen LogP contribution in [0.1, 0.15) is 31.7 Å². The van der Waals surface area contributed by atoms with Crippen LogP contribution in [-0.2, 0) is 0 Å². The Morgan fingerprint density at radius 1 is 1.53 bits per heavy atom. The van der Waals surface area contributed by atoms with E-state index in [0.717, 1.165) is 25.8 Å². The standard InChI is InChI=1S/C13H19N3O/c1-2-4-11(6-8-17)10-16-13-12(9-14)5-3-7-15-13/h3,5,7,11,17H,2,4,6,8,10H2,1H3,(H,15,16). The fourth-order valence-corrected chi connectivity index (χ4v) is 1.82. The number of hydrogen-bond acceptors (Lipinski definition) is 4. The third kappa shape index (κ3) is 4.41. The Kier molecular flexibility index (Phi) is 6.05. The van der Waals surface area contributed by atoms with Gasteiger partial charge in [0.15, 0.2) is 0 Å². The number of anilines is 1. The van der Waals surface area contributed by atoms with Gasteiger partial charge in [-0.2, -0.15) is 5.26 Å². The summed E-state index contributed by atoms with van der Waals surface area (Å²) in [6.07, 6.45) is 4.63. The number of rotatable bonds is 7. The molecule has 0 spiro atoms. The van der Waals surface area contributed by atoms with Crippen LogP contribution < -0.4 is 5.32 Å². The highest BCUT2D eigenvalue weighted by molar-refractivity contribution is 5.51. The molecule has 0 fully saturated rings. The number of aromatic nitrogens is 1. The summed E-state index contributed by atoms with van der Waals surface area (Å²) >= 11 is 0. The molecule has 1 aromatic rings. The van der Waals surface area contributed by atoms with Crippen molar-refractivity contribution in [3.8, 4) is 6.07 Å². The normalized spacial score (nSPS) is 11.8. The maximum absolute atomic E-state index is 8.97. The minimum atomic E-state index is 0.208. The van der Waals surface area contributed by atoms with Crippen LogP contribution in [0.2, 0.25) is 0 Å². The van der Waals surface area contributed by atoms with E-state index in [1.54, 1.807) is 18.3 Å². The summed E-state index contributed by atoms with van der Waals surface area (Å²) in [6, 6.07) is 5.61. The van der Waals surface area contributed by atoms with Gasteiger partial charge in [0.2, 0.25) is 0 Å². The fraction of sp³-hybridized carbons (Fsp3) is 0.538. The number of nitrogens with zero attached hydrogens (tertiary/aromatic N) is 2. The first kappa shape index (κ1) is 13.5. The lowest BCUT2D eigenvalue weighted by Crippen LogP contribution is -2.16. The molecule has 17 heavy (non-hydrogen) atoms. The fourth-order valence-electron chi connectivity index (χ4n) is 1.82. The van der Waals surface area contributed by atoms with Crippen molar-refractivity contribution >= 4 is 5.82 Å².